The number of esters is 1. The summed E-state index contributed by atoms with van der Waals surface area (Å²) in [6.07, 6.45) is -0.756. The number of hydrogen-bond donors (Lipinski definition) is 1. The third-order valence-corrected chi connectivity index (χ3v) is 4.52. The number of benzene rings is 2. The second-order valence-corrected chi connectivity index (χ2v) is 6.66. The summed E-state index contributed by atoms with van der Waals surface area (Å²) in [5.41, 5.74) is 2.72. The molecule has 0 saturated heterocycles. The van der Waals surface area contributed by atoms with Crippen molar-refractivity contribution in [2.45, 2.75) is 33.8 Å². The summed E-state index contributed by atoms with van der Waals surface area (Å²) < 4.78 is 15.9. The van der Waals surface area contributed by atoms with Gasteiger partial charge in [0.2, 0.25) is 0 Å². The first kappa shape index (κ1) is 21.6. The van der Waals surface area contributed by atoms with E-state index < -0.39 is 12.1 Å². The molecule has 0 aliphatic rings. The Morgan fingerprint density at radius 2 is 1.86 bits per heavy atom. The summed E-state index contributed by atoms with van der Waals surface area (Å²) in [6, 6.07) is 8.52. The van der Waals surface area contributed by atoms with Gasteiger partial charge in [-0.15, -0.1) is 0 Å². The maximum Gasteiger partial charge on any atom is 0.341 e. The third-order valence-electron chi connectivity index (χ3n) is 4.20. The number of aryl methyl sites for hydroxylation is 2. The lowest BCUT2D eigenvalue weighted by atomic mass is 10.1. The van der Waals surface area contributed by atoms with Crippen molar-refractivity contribution >= 4 is 29.2 Å². The SMILES string of the molecule is CCOC(=O)c1cc(Cl)c(NC(=O)C(C)Oc2ccc(C)c(C)c2)cc1OC. The molecule has 1 amide bonds. The van der Waals surface area contributed by atoms with Crippen molar-refractivity contribution in [3.05, 3.63) is 52.0 Å². The molecule has 7 heteroatoms. The molecule has 2 aromatic carbocycles. The average molecular weight is 406 g/mol. The molecule has 2 rings (SSSR count). The topological polar surface area (TPSA) is 73.9 Å². The maximum absolute atomic E-state index is 12.5. The summed E-state index contributed by atoms with van der Waals surface area (Å²) in [7, 11) is 1.42. The van der Waals surface area contributed by atoms with Gasteiger partial charge in [-0.1, -0.05) is 17.7 Å². The minimum atomic E-state index is -0.756. The molecule has 0 heterocycles. The van der Waals surface area contributed by atoms with E-state index >= 15 is 0 Å². The first-order chi connectivity index (χ1) is 13.3. The fourth-order valence-corrected chi connectivity index (χ4v) is 2.68. The Labute approximate surface area is 169 Å². The van der Waals surface area contributed by atoms with Gasteiger partial charge in [0, 0.05) is 6.07 Å². The Morgan fingerprint density at radius 3 is 2.46 bits per heavy atom. The van der Waals surface area contributed by atoms with Gasteiger partial charge >= 0.3 is 5.97 Å². The van der Waals surface area contributed by atoms with Gasteiger partial charge in [-0.05, 0) is 57.0 Å². The molecule has 0 fully saturated rings. The molecule has 0 aliphatic carbocycles. The number of ether oxygens (including phenoxy) is 3. The molecule has 1 N–H and O–H groups in total. The number of carbonyl (C=O) groups excluding carboxylic acids is 2. The maximum atomic E-state index is 12.5. The molecule has 0 aliphatic heterocycles. The zero-order chi connectivity index (χ0) is 20.8. The van der Waals surface area contributed by atoms with E-state index in [1.807, 2.05) is 32.0 Å². The van der Waals surface area contributed by atoms with E-state index in [1.165, 1.54) is 19.2 Å². The Morgan fingerprint density at radius 1 is 1.14 bits per heavy atom. The lowest BCUT2D eigenvalue weighted by molar-refractivity contribution is -0.122. The Kier molecular flexibility index (Phi) is 7.29. The van der Waals surface area contributed by atoms with Crippen LogP contribution in [0.25, 0.3) is 0 Å². The number of hydrogen-bond acceptors (Lipinski definition) is 5. The number of nitrogens with one attached hydrogen (secondary N) is 1. The van der Waals surface area contributed by atoms with Crippen LogP contribution in [0.1, 0.15) is 35.3 Å². The molecule has 150 valence electrons. The fraction of sp³-hybridized carbons (Fsp3) is 0.333. The van der Waals surface area contributed by atoms with Gasteiger partial charge < -0.3 is 19.5 Å². The zero-order valence-electron chi connectivity index (χ0n) is 16.6. The monoisotopic (exact) mass is 405 g/mol. The minimum Gasteiger partial charge on any atom is -0.496 e. The highest BCUT2D eigenvalue weighted by atomic mass is 35.5. The van der Waals surface area contributed by atoms with Crippen LogP contribution < -0.4 is 14.8 Å². The van der Waals surface area contributed by atoms with Gasteiger partial charge in [-0.25, -0.2) is 4.79 Å². The van der Waals surface area contributed by atoms with E-state index in [0.29, 0.717) is 11.4 Å². The van der Waals surface area contributed by atoms with Gasteiger partial charge in [0.1, 0.15) is 17.1 Å². The van der Waals surface area contributed by atoms with E-state index in [0.717, 1.165) is 11.1 Å². The molecule has 2 aromatic rings. The van der Waals surface area contributed by atoms with Crippen LogP contribution in [-0.2, 0) is 9.53 Å². The quantitative estimate of drug-likeness (QED) is 0.684. The Balaban J connectivity index is 2.15. The van der Waals surface area contributed by atoms with Gasteiger partial charge in [-0.3, -0.25) is 4.79 Å². The summed E-state index contributed by atoms with van der Waals surface area (Å²) in [5, 5.41) is 2.89. The van der Waals surface area contributed by atoms with E-state index in [-0.39, 0.29) is 28.8 Å². The van der Waals surface area contributed by atoms with Crippen LogP contribution in [0.2, 0.25) is 5.02 Å². The second kappa shape index (κ2) is 9.46. The van der Waals surface area contributed by atoms with Crippen LogP contribution in [0.5, 0.6) is 11.5 Å². The average Bonchev–Trinajstić information content (AvgIpc) is 2.66. The Bertz CT molecular complexity index is 881. The van der Waals surface area contributed by atoms with E-state index in [1.54, 1.807) is 13.8 Å². The minimum absolute atomic E-state index is 0.187. The summed E-state index contributed by atoms with van der Waals surface area (Å²) in [6.45, 7) is 7.56. The smallest absolute Gasteiger partial charge is 0.341 e. The number of amides is 1. The van der Waals surface area contributed by atoms with Crippen molar-refractivity contribution in [2.75, 3.05) is 19.0 Å². The second-order valence-electron chi connectivity index (χ2n) is 6.25. The standard InChI is InChI=1S/C21H24ClNO5/c1-6-27-21(25)16-10-17(22)18(11-19(16)26-5)23-20(24)14(4)28-15-8-7-12(2)13(3)9-15/h7-11,14H,6H2,1-5H3,(H,23,24). The van der Waals surface area contributed by atoms with Gasteiger partial charge in [0.25, 0.3) is 5.91 Å². The summed E-state index contributed by atoms with van der Waals surface area (Å²) in [4.78, 5) is 24.5. The highest BCUT2D eigenvalue weighted by Gasteiger charge is 2.20. The van der Waals surface area contributed by atoms with Crippen molar-refractivity contribution in [2.24, 2.45) is 0 Å². The van der Waals surface area contributed by atoms with Crippen LogP contribution in [0, 0.1) is 13.8 Å². The highest BCUT2D eigenvalue weighted by Crippen LogP contribution is 2.31. The largest absolute Gasteiger partial charge is 0.496 e. The van der Waals surface area contributed by atoms with Gasteiger partial charge in [0.15, 0.2) is 6.10 Å². The van der Waals surface area contributed by atoms with Crippen LogP contribution in [0.15, 0.2) is 30.3 Å². The number of anilines is 1. The van der Waals surface area contributed by atoms with Crippen LogP contribution in [0.4, 0.5) is 5.69 Å². The fourth-order valence-electron chi connectivity index (χ4n) is 2.47. The van der Waals surface area contributed by atoms with E-state index in [2.05, 4.69) is 5.32 Å². The van der Waals surface area contributed by atoms with E-state index in [9.17, 15) is 9.59 Å². The zero-order valence-corrected chi connectivity index (χ0v) is 17.3. The van der Waals surface area contributed by atoms with Crippen LogP contribution in [-0.4, -0.2) is 31.7 Å². The first-order valence-electron chi connectivity index (χ1n) is 8.86. The molecular weight excluding hydrogens is 382 g/mol. The van der Waals surface area contributed by atoms with Gasteiger partial charge in [-0.2, -0.15) is 0 Å². The Hall–Kier alpha value is -2.73. The first-order valence-corrected chi connectivity index (χ1v) is 9.24. The number of rotatable bonds is 7. The van der Waals surface area contributed by atoms with Crippen LogP contribution >= 0.6 is 11.6 Å². The summed E-state index contributed by atoms with van der Waals surface area (Å²) >= 11 is 6.23. The molecule has 0 aromatic heterocycles. The van der Waals surface area contributed by atoms with Crippen LogP contribution in [0.3, 0.4) is 0 Å². The molecule has 0 bridgehead atoms. The lowest BCUT2D eigenvalue weighted by Crippen LogP contribution is -2.30. The number of halogens is 1. The molecule has 0 radical (unpaired) electrons. The number of methoxy groups -OCH3 is 1. The van der Waals surface area contributed by atoms with Crippen molar-refractivity contribution in [3.63, 3.8) is 0 Å². The normalized spacial score (nSPS) is 11.5. The molecule has 1 unspecified atom stereocenters. The lowest BCUT2D eigenvalue weighted by Gasteiger charge is -2.17. The predicted molar refractivity (Wildman–Crippen MR) is 109 cm³/mol. The van der Waals surface area contributed by atoms with Crippen molar-refractivity contribution in [1.82, 2.24) is 0 Å². The third kappa shape index (κ3) is 5.16. The molecular formula is C21H24ClNO5. The van der Waals surface area contributed by atoms with Crippen molar-refractivity contribution < 1.29 is 23.8 Å². The molecule has 0 spiro atoms. The molecule has 1 atom stereocenters. The molecule has 6 nitrogen and oxygen atoms in total. The summed E-state index contributed by atoms with van der Waals surface area (Å²) in [5.74, 6) is -0.0791. The van der Waals surface area contributed by atoms with Crippen molar-refractivity contribution in [3.8, 4) is 11.5 Å². The predicted octanol–water partition coefficient (Wildman–Crippen LogP) is 4.55. The highest BCUT2D eigenvalue weighted by molar-refractivity contribution is 6.34. The van der Waals surface area contributed by atoms with Gasteiger partial charge in [0.05, 0.1) is 24.4 Å². The van der Waals surface area contributed by atoms with Crippen molar-refractivity contribution in [1.29, 1.82) is 0 Å². The number of carbonyl (C=O) groups is 2. The molecule has 28 heavy (non-hydrogen) atoms. The van der Waals surface area contributed by atoms with E-state index in [4.69, 9.17) is 25.8 Å². The molecule has 0 saturated carbocycles.